The molecule has 0 aromatic heterocycles. The van der Waals surface area contributed by atoms with Gasteiger partial charge in [-0.25, -0.2) is 9.59 Å². The fraction of sp³-hybridized carbons (Fsp3) is 0.267. The Bertz CT molecular complexity index is 768. The van der Waals surface area contributed by atoms with E-state index >= 15 is 0 Å². The van der Waals surface area contributed by atoms with Gasteiger partial charge < -0.3 is 9.47 Å². The zero-order chi connectivity index (χ0) is 17.9. The molecule has 9 nitrogen and oxygen atoms in total. The molecule has 1 unspecified atom stereocenters. The molecule has 1 aliphatic rings. The number of esters is 2. The van der Waals surface area contributed by atoms with Crippen molar-refractivity contribution in [3.63, 3.8) is 0 Å². The van der Waals surface area contributed by atoms with E-state index < -0.39 is 22.8 Å². The van der Waals surface area contributed by atoms with Crippen molar-refractivity contribution in [1.29, 1.82) is 0 Å². The first-order valence-corrected chi connectivity index (χ1v) is 6.86. The van der Waals surface area contributed by atoms with Crippen LogP contribution in [-0.4, -0.2) is 36.8 Å². The van der Waals surface area contributed by atoms with Gasteiger partial charge >= 0.3 is 11.9 Å². The summed E-state index contributed by atoms with van der Waals surface area (Å²) in [6.45, 7) is 1.56. The lowest BCUT2D eigenvalue weighted by Gasteiger charge is -2.25. The molecule has 0 saturated carbocycles. The molecule has 0 aliphatic carbocycles. The molecule has 126 valence electrons. The van der Waals surface area contributed by atoms with E-state index in [2.05, 4.69) is 15.3 Å². The molecule has 24 heavy (non-hydrogen) atoms. The van der Waals surface area contributed by atoms with Gasteiger partial charge in [0.2, 0.25) is 0 Å². The third-order valence-corrected chi connectivity index (χ3v) is 3.55. The minimum absolute atomic E-state index is 0.0576. The number of allylic oxidation sites excluding steroid dienone is 1. The Morgan fingerprint density at radius 3 is 2.42 bits per heavy atom. The average molecular weight is 333 g/mol. The van der Waals surface area contributed by atoms with Crippen LogP contribution in [0.1, 0.15) is 18.4 Å². The summed E-state index contributed by atoms with van der Waals surface area (Å²) >= 11 is 0. The molecule has 1 aromatic carbocycles. The number of hydrogen-bond donors (Lipinski definition) is 1. The number of benzene rings is 1. The van der Waals surface area contributed by atoms with Crippen LogP contribution in [0.3, 0.4) is 0 Å². The second kappa shape index (κ2) is 6.90. The molecule has 1 atom stereocenters. The Morgan fingerprint density at radius 2 is 1.83 bits per heavy atom. The number of nitro benzene ring substituents is 1. The topological polar surface area (TPSA) is 120 Å². The number of hydrazone groups is 1. The van der Waals surface area contributed by atoms with Gasteiger partial charge in [-0.1, -0.05) is 18.2 Å². The number of nitro groups is 1. The minimum Gasteiger partial charge on any atom is -0.466 e. The van der Waals surface area contributed by atoms with Crippen LogP contribution in [0.2, 0.25) is 0 Å². The fourth-order valence-electron chi connectivity index (χ4n) is 2.47. The van der Waals surface area contributed by atoms with Crippen molar-refractivity contribution in [3.8, 4) is 0 Å². The highest BCUT2D eigenvalue weighted by Gasteiger charge is 2.40. The monoisotopic (exact) mass is 333 g/mol. The molecule has 1 heterocycles. The zero-order valence-electron chi connectivity index (χ0n) is 13.2. The third kappa shape index (κ3) is 2.96. The maximum Gasteiger partial charge on any atom is 0.355 e. The van der Waals surface area contributed by atoms with E-state index in [1.165, 1.54) is 25.3 Å². The number of carbonyl (C=O) groups is 2. The van der Waals surface area contributed by atoms with Gasteiger partial charge in [-0.2, -0.15) is 5.10 Å². The summed E-state index contributed by atoms with van der Waals surface area (Å²) in [6, 6.07) is 5.81. The minimum atomic E-state index is -1.08. The van der Waals surface area contributed by atoms with Crippen LogP contribution >= 0.6 is 0 Å². The van der Waals surface area contributed by atoms with Gasteiger partial charge in [-0.15, -0.1) is 0 Å². The third-order valence-electron chi connectivity index (χ3n) is 3.55. The Labute approximate surface area is 137 Å². The van der Waals surface area contributed by atoms with Crippen molar-refractivity contribution in [2.45, 2.75) is 12.8 Å². The number of hydrogen-bond acceptors (Lipinski definition) is 8. The van der Waals surface area contributed by atoms with Crippen molar-refractivity contribution in [1.82, 2.24) is 5.43 Å². The summed E-state index contributed by atoms with van der Waals surface area (Å²) < 4.78 is 9.44. The summed E-state index contributed by atoms with van der Waals surface area (Å²) in [6.07, 6.45) is 0. The second-order valence-corrected chi connectivity index (χ2v) is 4.88. The summed E-state index contributed by atoms with van der Waals surface area (Å²) in [5.74, 6) is -2.60. The number of para-hydroxylation sites is 1. The molecule has 9 heteroatoms. The van der Waals surface area contributed by atoms with E-state index in [0.717, 1.165) is 7.11 Å². The molecular weight excluding hydrogens is 318 g/mol. The number of carbonyl (C=O) groups excluding carboxylic acids is 2. The van der Waals surface area contributed by atoms with Crippen molar-refractivity contribution < 1.29 is 24.0 Å². The highest BCUT2D eigenvalue weighted by molar-refractivity contribution is 6.40. The Balaban J connectivity index is 2.72. The highest BCUT2D eigenvalue weighted by Crippen LogP contribution is 2.36. The SMILES string of the molecule is COC(=O)C1=NNC(C)=C(C(=O)OC)C1c1ccccc1[N+](=O)[O-]. The van der Waals surface area contributed by atoms with E-state index in [4.69, 9.17) is 4.74 Å². The van der Waals surface area contributed by atoms with Gasteiger partial charge in [0, 0.05) is 17.3 Å². The summed E-state index contributed by atoms with van der Waals surface area (Å²) in [5.41, 5.74) is 2.68. The second-order valence-electron chi connectivity index (χ2n) is 4.88. The molecule has 0 saturated heterocycles. The first kappa shape index (κ1) is 17.1. The number of nitrogens with one attached hydrogen (secondary N) is 1. The molecule has 1 aliphatic heterocycles. The molecule has 0 radical (unpaired) electrons. The Kier molecular flexibility index (Phi) is 4.93. The molecule has 0 fully saturated rings. The normalized spacial score (nSPS) is 16.8. The summed E-state index contributed by atoms with van der Waals surface area (Å²) in [7, 11) is 2.34. The predicted octanol–water partition coefficient (Wildman–Crippen LogP) is 1.26. The number of rotatable bonds is 4. The fourth-order valence-corrected chi connectivity index (χ4v) is 2.47. The van der Waals surface area contributed by atoms with Crippen molar-refractivity contribution in [2.75, 3.05) is 14.2 Å². The van der Waals surface area contributed by atoms with Crippen LogP contribution in [0.25, 0.3) is 0 Å². The lowest BCUT2D eigenvalue weighted by Crippen LogP contribution is -2.35. The predicted molar refractivity (Wildman–Crippen MR) is 83.1 cm³/mol. The van der Waals surface area contributed by atoms with E-state index in [1.54, 1.807) is 13.0 Å². The first-order chi connectivity index (χ1) is 11.4. The Hall–Kier alpha value is -3.23. The molecule has 0 bridgehead atoms. The van der Waals surface area contributed by atoms with Crippen molar-refractivity contribution >= 4 is 23.3 Å². The zero-order valence-corrected chi connectivity index (χ0v) is 13.2. The maximum absolute atomic E-state index is 12.2. The van der Waals surface area contributed by atoms with Crippen LogP contribution in [0.15, 0.2) is 40.6 Å². The van der Waals surface area contributed by atoms with E-state index in [-0.39, 0.29) is 22.5 Å². The molecule has 1 aromatic rings. The maximum atomic E-state index is 12.2. The van der Waals surface area contributed by atoms with Crippen LogP contribution in [-0.2, 0) is 19.1 Å². The van der Waals surface area contributed by atoms with Crippen molar-refractivity contribution in [2.24, 2.45) is 5.10 Å². The van der Waals surface area contributed by atoms with E-state index in [9.17, 15) is 19.7 Å². The molecule has 0 spiro atoms. The number of nitrogens with zero attached hydrogens (tertiary/aromatic N) is 2. The smallest absolute Gasteiger partial charge is 0.355 e. The van der Waals surface area contributed by atoms with Gasteiger partial charge in [0.1, 0.15) is 0 Å². The largest absolute Gasteiger partial charge is 0.466 e. The quantitative estimate of drug-likeness (QED) is 0.500. The standard InChI is InChI=1S/C15H15N3O6/c1-8-11(14(19)23-2)12(13(17-16-8)15(20)24-3)9-6-4-5-7-10(9)18(21)22/h4-7,12,16H,1-3H3. The molecule has 2 rings (SSSR count). The van der Waals surface area contributed by atoms with Gasteiger partial charge in [0.25, 0.3) is 5.69 Å². The van der Waals surface area contributed by atoms with Crippen LogP contribution in [0.5, 0.6) is 0 Å². The molecular formula is C15H15N3O6. The van der Waals surface area contributed by atoms with E-state index in [0.29, 0.717) is 5.70 Å². The van der Waals surface area contributed by atoms with Crippen LogP contribution in [0, 0.1) is 10.1 Å². The van der Waals surface area contributed by atoms with Crippen LogP contribution < -0.4 is 5.43 Å². The molecule has 1 N–H and O–H groups in total. The molecule has 0 amide bonds. The average Bonchev–Trinajstić information content (AvgIpc) is 2.59. The summed E-state index contributed by atoms with van der Waals surface area (Å²) in [5, 5.41) is 15.2. The van der Waals surface area contributed by atoms with Crippen molar-refractivity contribution in [3.05, 3.63) is 51.2 Å². The lowest BCUT2D eigenvalue weighted by atomic mass is 9.84. The van der Waals surface area contributed by atoms with Gasteiger partial charge in [0.05, 0.1) is 30.6 Å². The van der Waals surface area contributed by atoms with E-state index in [1.807, 2.05) is 0 Å². The van der Waals surface area contributed by atoms with Gasteiger partial charge in [0.15, 0.2) is 5.71 Å². The Morgan fingerprint density at radius 1 is 1.21 bits per heavy atom. The number of methoxy groups -OCH3 is 2. The van der Waals surface area contributed by atoms with Crippen LogP contribution in [0.4, 0.5) is 5.69 Å². The van der Waals surface area contributed by atoms with Gasteiger partial charge in [-0.3, -0.25) is 15.5 Å². The van der Waals surface area contributed by atoms with Gasteiger partial charge in [-0.05, 0) is 6.92 Å². The number of ether oxygens (including phenoxy) is 2. The summed E-state index contributed by atoms with van der Waals surface area (Å²) in [4.78, 5) is 35.0. The first-order valence-electron chi connectivity index (χ1n) is 6.86. The lowest BCUT2D eigenvalue weighted by molar-refractivity contribution is -0.385. The highest BCUT2D eigenvalue weighted by atomic mass is 16.6.